The monoisotopic (exact) mass is 387 g/mol. The average Bonchev–Trinajstić information content (AvgIpc) is 2.66. The van der Waals surface area contributed by atoms with E-state index >= 15 is 0 Å². The first-order valence-electron chi connectivity index (χ1n) is 8.50. The van der Waals surface area contributed by atoms with Crippen LogP contribution in [0.2, 0.25) is 0 Å². The first kappa shape index (κ1) is 19.5. The third-order valence-corrected chi connectivity index (χ3v) is 4.25. The summed E-state index contributed by atoms with van der Waals surface area (Å²) in [6, 6.07) is 9.71. The minimum atomic E-state index is -4.51. The van der Waals surface area contributed by atoms with Crippen molar-refractivity contribution in [3.63, 3.8) is 0 Å². The minimum absolute atomic E-state index is 0.0890. The fourth-order valence-electron chi connectivity index (χ4n) is 2.94. The van der Waals surface area contributed by atoms with Gasteiger partial charge in [0.15, 0.2) is 5.78 Å². The van der Waals surface area contributed by atoms with Crippen molar-refractivity contribution < 1.29 is 27.5 Å². The summed E-state index contributed by atoms with van der Waals surface area (Å²) in [5.74, 6) is -0.808. The molecule has 0 aliphatic heterocycles. The molecule has 0 radical (unpaired) electrons. The van der Waals surface area contributed by atoms with Gasteiger partial charge in [-0.2, -0.15) is 13.2 Å². The molecule has 3 rings (SSSR count). The Balaban J connectivity index is 2.32. The number of fused-ring (bicyclic) bond motifs is 1. The molecule has 0 spiro atoms. The first-order chi connectivity index (χ1) is 13.2. The maximum absolute atomic E-state index is 13.0. The number of ether oxygens (including phenoxy) is 1. The van der Waals surface area contributed by atoms with Crippen molar-refractivity contribution >= 4 is 22.7 Å². The molecule has 0 atom stereocenters. The maximum Gasteiger partial charge on any atom is 0.416 e. The molecular weight excluding hydrogens is 371 g/mol. The molecule has 28 heavy (non-hydrogen) atoms. The fraction of sp³-hybridized carbons (Fsp3) is 0.190. The fourth-order valence-corrected chi connectivity index (χ4v) is 2.94. The summed E-state index contributed by atoms with van der Waals surface area (Å²) in [6.07, 6.45) is -3.30. The lowest BCUT2D eigenvalue weighted by Gasteiger charge is -2.14. The van der Waals surface area contributed by atoms with Crippen LogP contribution in [0.5, 0.6) is 0 Å². The average molecular weight is 387 g/mol. The Hall–Kier alpha value is -3.22. The Morgan fingerprint density at radius 2 is 1.86 bits per heavy atom. The number of alkyl halides is 3. The van der Waals surface area contributed by atoms with Crippen molar-refractivity contribution in [2.24, 2.45) is 0 Å². The molecule has 0 bridgehead atoms. The largest absolute Gasteiger partial charge is 0.462 e. The van der Waals surface area contributed by atoms with Crippen LogP contribution in [-0.4, -0.2) is 23.3 Å². The lowest BCUT2D eigenvalue weighted by molar-refractivity contribution is -0.137. The van der Waals surface area contributed by atoms with Crippen molar-refractivity contribution in [2.75, 3.05) is 6.61 Å². The number of benzene rings is 2. The number of esters is 1. The number of carbonyl (C=O) groups is 2. The molecule has 0 unspecified atom stereocenters. The van der Waals surface area contributed by atoms with E-state index < -0.39 is 17.7 Å². The molecule has 1 aromatic heterocycles. The standard InChI is InChI=1S/C21H16F3NO3/c1-3-28-20(27)17-11-25-18-10-15(21(22,23)24)7-8-16(18)19(17)14-6-4-5-13(9-14)12(2)26/h4-11H,3H2,1-2H3. The van der Waals surface area contributed by atoms with Crippen LogP contribution in [0.3, 0.4) is 0 Å². The Labute approximate surface area is 159 Å². The van der Waals surface area contributed by atoms with Crippen molar-refractivity contribution in [2.45, 2.75) is 20.0 Å². The number of pyridine rings is 1. The van der Waals surface area contributed by atoms with Crippen LogP contribution >= 0.6 is 0 Å². The lowest BCUT2D eigenvalue weighted by atomic mass is 9.94. The van der Waals surface area contributed by atoms with E-state index in [0.717, 1.165) is 12.1 Å². The van der Waals surface area contributed by atoms with Gasteiger partial charge in [-0.1, -0.05) is 24.3 Å². The highest BCUT2D eigenvalue weighted by molar-refractivity contribution is 6.07. The van der Waals surface area contributed by atoms with Crippen molar-refractivity contribution in [3.8, 4) is 11.1 Å². The van der Waals surface area contributed by atoms with E-state index in [-0.39, 0.29) is 23.5 Å². The van der Waals surface area contributed by atoms with Crippen LogP contribution in [0.1, 0.15) is 40.1 Å². The Morgan fingerprint density at radius 3 is 2.50 bits per heavy atom. The molecule has 0 aliphatic rings. The van der Waals surface area contributed by atoms with Gasteiger partial charge in [0.1, 0.15) is 0 Å². The first-order valence-corrected chi connectivity index (χ1v) is 8.50. The van der Waals surface area contributed by atoms with Gasteiger partial charge in [0.05, 0.1) is 23.3 Å². The normalized spacial score (nSPS) is 11.5. The predicted molar refractivity (Wildman–Crippen MR) is 98.1 cm³/mol. The van der Waals surface area contributed by atoms with Gasteiger partial charge in [0.25, 0.3) is 0 Å². The van der Waals surface area contributed by atoms with Gasteiger partial charge < -0.3 is 4.74 Å². The molecule has 0 N–H and O–H groups in total. The van der Waals surface area contributed by atoms with E-state index in [1.807, 2.05) is 0 Å². The van der Waals surface area contributed by atoms with E-state index in [1.54, 1.807) is 31.2 Å². The van der Waals surface area contributed by atoms with E-state index in [4.69, 9.17) is 4.74 Å². The van der Waals surface area contributed by atoms with Gasteiger partial charge in [0.2, 0.25) is 0 Å². The number of rotatable bonds is 4. The third-order valence-electron chi connectivity index (χ3n) is 4.25. The van der Waals surface area contributed by atoms with Gasteiger partial charge in [-0.05, 0) is 37.6 Å². The number of Topliss-reactive ketones (excluding diaryl/α,β-unsaturated/α-hetero) is 1. The number of nitrogens with zero attached hydrogens (tertiary/aromatic N) is 1. The van der Waals surface area contributed by atoms with E-state index in [2.05, 4.69) is 4.98 Å². The molecule has 0 saturated carbocycles. The predicted octanol–water partition coefficient (Wildman–Crippen LogP) is 5.30. The van der Waals surface area contributed by atoms with E-state index in [1.165, 1.54) is 19.2 Å². The molecule has 1 heterocycles. The molecule has 0 amide bonds. The van der Waals surface area contributed by atoms with Gasteiger partial charge in [-0.3, -0.25) is 9.78 Å². The van der Waals surface area contributed by atoms with E-state index in [9.17, 15) is 22.8 Å². The molecule has 2 aromatic carbocycles. The Morgan fingerprint density at radius 1 is 1.11 bits per heavy atom. The summed E-state index contributed by atoms with van der Waals surface area (Å²) >= 11 is 0. The Bertz CT molecular complexity index is 1070. The molecule has 0 aliphatic carbocycles. The molecule has 0 fully saturated rings. The second-order valence-electron chi connectivity index (χ2n) is 6.13. The zero-order chi connectivity index (χ0) is 20.5. The zero-order valence-electron chi connectivity index (χ0n) is 15.1. The van der Waals surface area contributed by atoms with Gasteiger partial charge in [0, 0.05) is 22.7 Å². The lowest BCUT2D eigenvalue weighted by Crippen LogP contribution is -2.09. The number of hydrogen-bond acceptors (Lipinski definition) is 4. The topological polar surface area (TPSA) is 56.3 Å². The molecule has 0 saturated heterocycles. The number of ketones is 1. The number of aromatic nitrogens is 1. The quantitative estimate of drug-likeness (QED) is 0.450. The molecule has 7 heteroatoms. The van der Waals surface area contributed by atoms with Gasteiger partial charge in [-0.25, -0.2) is 4.79 Å². The number of carbonyl (C=O) groups excluding carboxylic acids is 2. The molecule has 3 aromatic rings. The summed E-state index contributed by atoms with van der Waals surface area (Å²) in [5.41, 5.74) is 0.688. The highest BCUT2D eigenvalue weighted by Crippen LogP contribution is 2.36. The van der Waals surface area contributed by atoms with Crippen LogP contribution in [0.15, 0.2) is 48.7 Å². The van der Waals surface area contributed by atoms with Crippen molar-refractivity contribution in [1.29, 1.82) is 0 Å². The van der Waals surface area contributed by atoms with Gasteiger partial charge in [-0.15, -0.1) is 0 Å². The van der Waals surface area contributed by atoms with E-state index in [0.29, 0.717) is 22.1 Å². The summed E-state index contributed by atoms with van der Waals surface area (Å²) in [6.45, 7) is 3.19. The van der Waals surface area contributed by atoms with Crippen LogP contribution in [-0.2, 0) is 10.9 Å². The third kappa shape index (κ3) is 3.74. The Kier molecular flexibility index (Phi) is 5.18. The second kappa shape index (κ2) is 7.42. The van der Waals surface area contributed by atoms with Crippen LogP contribution < -0.4 is 0 Å². The highest BCUT2D eigenvalue weighted by Gasteiger charge is 2.31. The molecule has 144 valence electrons. The van der Waals surface area contributed by atoms with Crippen LogP contribution in [0.4, 0.5) is 13.2 Å². The molecular formula is C21H16F3NO3. The minimum Gasteiger partial charge on any atom is -0.462 e. The summed E-state index contributed by atoms with van der Waals surface area (Å²) in [5, 5.41) is 0.360. The smallest absolute Gasteiger partial charge is 0.416 e. The number of halogens is 3. The van der Waals surface area contributed by atoms with Crippen molar-refractivity contribution in [1.82, 2.24) is 4.98 Å². The summed E-state index contributed by atoms with van der Waals surface area (Å²) < 4.78 is 44.2. The second-order valence-corrected chi connectivity index (χ2v) is 6.13. The van der Waals surface area contributed by atoms with Gasteiger partial charge >= 0.3 is 12.1 Å². The maximum atomic E-state index is 13.0. The summed E-state index contributed by atoms with van der Waals surface area (Å²) in [4.78, 5) is 28.2. The highest BCUT2D eigenvalue weighted by atomic mass is 19.4. The van der Waals surface area contributed by atoms with Crippen molar-refractivity contribution in [3.05, 3.63) is 65.4 Å². The van der Waals surface area contributed by atoms with Crippen LogP contribution in [0, 0.1) is 0 Å². The number of hydrogen-bond donors (Lipinski definition) is 0. The molecule has 4 nitrogen and oxygen atoms in total. The van der Waals surface area contributed by atoms with Crippen LogP contribution in [0.25, 0.3) is 22.0 Å². The summed E-state index contributed by atoms with van der Waals surface area (Å²) in [7, 11) is 0. The SMILES string of the molecule is CCOC(=O)c1cnc2cc(C(F)(F)F)ccc2c1-c1cccc(C(C)=O)c1. The zero-order valence-corrected chi connectivity index (χ0v) is 15.1.